The molecule has 0 atom stereocenters. The van der Waals surface area contributed by atoms with Crippen molar-refractivity contribution in [2.24, 2.45) is 0 Å². The molecule has 0 bridgehead atoms. The number of nitrogen functional groups attached to an aromatic ring is 1. The number of carbonyl (C=O) groups is 3. The van der Waals surface area contributed by atoms with E-state index >= 15 is 0 Å². The van der Waals surface area contributed by atoms with Crippen LogP contribution in [0.15, 0.2) is 47.3 Å². The Kier molecular flexibility index (Phi) is 8.75. The van der Waals surface area contributed by atoms with Gasteiger partial charge in [0, 0.05) is 23.7 Å². The van der Waals surface area contributed by atoms with Gasteiger partial charge in [0.05, 0.1) is 11.6 Å². The molecule has 37 heavy (non-hydrogen) atoms. The van der Waals surface area contributed by atoms with Gasteiger partial charge in [0.1, 0.15) is 16.9 Å². The molecule has 0 saturated carbocycles. The van der Waals surface area contributed by atoms with Crippen molar-refractivity contribution in [3.05, 3.63) is 74.5 Å². The average Bonchev–Trinajstić information content (AvgIpc) is 2.83. The van der Waals surface area contributed by atoms with Gasteiger partial charge in [-0.25, -0.2) is 9.59 Å². The number of carbonyl (C=O) groups excluding carboxylic acids is 1. The lowest BCUT2D eigenvalue weighted by molar-refractivity contribution is -0.123. The van der Waals surface area contributed by atoms with E-state index in [2.05, 4.69) is 5.32 Å². The van der Waals surface area contributed by atoms with Crippen molar-refractivity contribution < 1.29 is 34.1 Å². The minimum atomic E-state index is -1.68. The van der Waals surface area contributed by atoms with Crippen LogP contribution in [0, 0.1) is 0 Å². The summed E-state index contributed by atoms with van der Waals surface area (Å²) in [5, 5.41) is 21.9. The first kappa shape index (κ1) is 27.1. The molecule has 0 aliphatic rings. The maximum atomic E-state index is 12.3. The first-order valence-corrected chi connectivity index (χ1v) is 11.4. The number of H-pyrrole nitrogens is 1. The second kappa shape index (κ2) is 12.0. The van der Waals surface area contributed by atoms with Gasteiger partial charge in [-0.15, -0.1) is 0 Å². The molecule has 11 nitrogen and oxygen atoms in total. The number of carboxylic acid groups (broad SMARTS) is 2. The number of halogens is 1. The highest BCUT2D eigenvalue weighted by Crippen LogP contribution is 2.41. The van der Waals surface area contributed by atoms with Crippen LogP contribution in [-0.4, -0.2) is 52.8 Å². The van der Waals surface area contributed by atoms with Crippen LogP contribution in [0.4, 0.5) is 5.82 Å². The molecule has 1 heterocycles. The summed E-state index contributed by atoms with van der Waals surface area (Å²) in [5.74, 6) is -4.10. The fourth-order valence-electron chi connectivity index (χ4n) is 3.61. The second-order valence-corrected chi connectivity index (χ2v) is 8.10. The minimum absolute atomic E-state index is 0.0468. The van der Waals surface area contributed by atoms with Gasteiger partial charge in [-0.05, 0) is 25.0 Å². The molecule has 12 heteroatoms. The highest BCUT2D eigenvalue weighted by atomic mass is 35.5. The molecule has 0 saturated heterocycles. The number of hydrogen-bond donors (Lipinski definition) is 5. The summed E-state index contributed by atoms with van der Waals surface area (Å²) in [6, 6.07) is 12.1. The number of pyridine rings is 1. The standard InChI is InChI=1S/C25H24ClN3O8/c1-2-36-16-10-14(19-20(24(32)33)22(27)29-23(31)21(19)25(34)35)15(26)11-17(16)37-12-18(30)28-9-8-13-6-4-3-5-7-13/h3-7,10-11H,2,8-9,12H2,1H3,(H,28,30)(H,32,33)(H,34,35)(H3,27,29,31). The number of hydrogen-bond acceptors (Lipinski definition) is 7. The lowest BCUT2D eigenvalue weighted by atomic mass is 9.95. The zero-order valence-corrected chi connectivity index (χ0v) is 20.4. The lowest BCUT2D eigenvalue weighted by Crippen LogP contribution is -2.30. The zero-order valence-electron chi connectivity index (χ0n) is 19.7. The Bertz CT molecular complexity index is 1390. The van der Waals surface area contributed by atoms with Gasteiger partial charge in [-0.3, -0.25) is 9.59 Å². The van der Waals surface area contributed by atoms with E-state index in [-0.39, 0.29) is 35.3 Å². The maximum absolute atomic E-state index is 12.3. The number of aromatic amines is 1. The fraction of sp³-hybridized carbons (Fsp3) is 0.200. The van der Waals surface area contributed by atoms with E-state index in [9.17, 15) is 29.4 Å². The number of aromatic nitrogens is 1. The monoisotopic (exact) mass is 529 g/mol. The van der Waals surface area contributed by atoms with Gasteiger partial charge in [-0.2, -0.15) is 0 Å². The zero-order chi connectivity index (χ0) is 27.1. The van der Waals surface area contributed by atoms with E-state index in [1.807, 2.05) is 35.3 Å². The van der Waals surface area contributed by atoms with Crippen LogP contribution in [0.25, 0.3) is 11.1 Å². The van der Waals surface area contributed by atoms with Gasteiger partial charge in [0.25, 0.3) is 11.5 Å². The van der Waals surface area contributed by atoms with Crippen molar-refractivity contribution in [1.29, 1.82) is 0 Å². The van der Waals surface area contributed by atoms with Crippen LogP contribution in [0.3, 0.4) is 0 Å². The number of carboxylic acids is 2. The summed E-state index contributed by atoms with van der Waals surface area (Å²) in [7, 11) is 0. The topological polar surface area (TPSA) is 181 Å². The molecule has 1 amide bonds. The molecular formula is C25H24ClN3O8. The van der Waals surface area contributed by atoms with Crippen LogP contribution in [0.1, 0.15) is 33.2 Å². The number of rotatable bonds is 11. The summed E-state index contributed by atoms with van der Waals surface area (Å²) in [6.45, 7) is 1.84. The molecule has 0 radical (unpaired) electrons. The van der Waals surface area contributed by atoms with Crippen LogP contribution < -0.4 is 26.1 Å². The van der Waals surface area contributed by atoms with Crippen molar-refractivity contribution in [3.8, 4) is 22.6 Å². The molecule has 0 aliphatic heterocycles. The quantitative estimate of drug-likeness (QED) is 0.249. The Labute approximate surface area is 215 Å². The molecular weight excluding hydrogens is 506 g/mol. The van der Waals surface area contributed by atoms with Gasteiger partial charge in [0.15, 0.2) is 18.1 Å². The van der Waals surface area contributed by atoms with Crippen LogP contribution in [0.5, 0.6) is 11.5 Å². The van der Waals surface area contributed by atoms with Gasteiger partial charge in [0.2, 0.25) is 0 Å². The van der Waals surface area contributed by atoms with Gasteiger partial charge >= 0.3 is 11.9 Å². The van der Waals surface area contributed by atoms with Crippen LogP contribution in [0.2, 0.25) is 5.02 Å². The number of nitrogens with two attached hydrogens (primary N) is 1. The normalized spacial score (nSPS) is 10.5. The average molecular weight is 530 g/mol. The first-order chi connectivity index (χ1) is 17.6. The third kappa shape index (κ3) is 6.39. The lowest BCUT2D eigenvalue weighted by Gasteiger charge is -2.17. The molecule has 0 fully saturated rings. The van der Waals surface area contributed by atoms with Crippen LogP contribution in [-0.2, 0) is 11.2 Å². The second-order valence-electron chi connectivity index (χ2n) is 7.69. The number of ether oxygens (including phenoxy) is 2. The molecule has 3 rings (SSSR count). The van der Waals surface area contributed by atoms with Crippen molar-refractivity contribution in [2.45, 2.75) is 13.3 Å². The largest absolute Gasteiger partial charge is 0.490 e. The third-order valence-electron chi connectivity index (χ3n) is 5.21. The summed E-state index contributed by atoms with van der Waals surface area (Å²) in [5.41, 5.74) is 3.53. The molecule has 3 aromatic rings. The number of aromatic carboxylic acids is 2. The summed E-state index contributed by atoms with van der Waals surface area (Å²) in [4.78, 5) is 50.4. The van der Waals surface area contributed by atoms with E-state index in [0.717, 1.165) is 5.56 Å². The number of nitrogens with one attached hydrogen (secondary N) is 2. The van der Waals surface area contributed by atoms with E-state index in [0.29, 0.717) is 13.0 Å². The van der Waals surface area contributed by atoms with E-state index < -0.39 is 45.9 Å². The number of benzene rings is 2. The molecule has 194 valence electrons. The summed E-state index contributed by atoms with van der Waals surface area (Å²) < 4.78 is 11.1. The Morgan fingerprint density at radius 3 is 2.30 bits per heavy atom. The summed E-state index contributed by atoms with van der Waals surface area (Å²) in [6.07, 6.45) is 0.633. The van der Waals surface area contributed by atoms with Gasteiger partial charge < -0.3 is 35.7 Å². The molecule has 2 aromatic carbocycles. The smallest absolute Gasteiger partial charge is 0.342 e. The van der Waals surface area contributed by atoms with Crippen molar-refractivity contribution in [2.75, 3.05) is 25.5 Å². The first-order valence-electron chi connectivity index (χ1n) is 11.1. The summed E-state index contributed by atoms with van der Waals surface area (Å²) >= 11 is 6.39. The predicted molar refractivity (Wildman–Crippen MR) is 136 cm³/mol. The van der Waals surface area contributed by atoms with Crippen molar-refractivity contribution in [3.63, 3.8) is 0 Å². The Hall–Kier alpha value is -4.51. The fourth-order valence-corrected chi connectivity index (χ4v) is 3.86. The minimum Gasteiger partial charge on any atom is -0.490 e. The maximum Gasteiger partial charge on any atom is 0.342 e. The van der Waals surface area contributed by atoms with Gasteiger partial charge in [-0.1, -0.05) is 41.9 Å². The Morgan fingerprint density at radius 2 is 1.68 bits per heavy atom. The Balaban J connectivity index is 1.91. The van der Waals surface area contributed by atoms with E-state index in [1.54, 1.807) is 6.92 Å². The third-order valence-corrected chi connectivity index (χ3v) is 5.53. The van der Waals surface area contributed by atoms with Crippen LogP contribution >= 0.6 is 11.6 Å². The highest BCUT2D eigenvalue weighted by molar-refractivity contribution is 6.34. The van der Waals surface area contributed by atoms with E-state index in [1.165, 1.54) is 12.1 Å². The molecule has 0 unspecified atom stereocenters. The van der Waals surface area contributed by atoms with Crippen molar-refractivity contribution >= 4 is 35.3 Å². The SMILES string of the molecule is CCOc1cc(-c2c(C(=O)O)c(N)[nH]c(=O)c2C(=O)O)c(Cl)cc1OCC(=O)NCCc1ccccc1. The predicted octanol–water partition coefficient (Wildman–Crippen LogP) is 2.81. The Morgan fingerprint density at radius 1 is 1.03 bits per heavy atom. The number of anilines is 1. The van der Waals surface area contributed by atoms with Crippen molar-refractivity contribution in [1.82, 2.24) is 10.3 Å². The molecule has 0 aliphatic carbocycles. The molecule has 6 N–H and O–H groups in total. The molecule has 0 spiro atoms. The molecule has 1 aromatic heterocycles. The highest BCUT2D eigenvalue weighted by Gasteiger charge is 2.29. The number of amides is 1. The van der Waals surface area contributed by atoms with E-state index in [4.69, 9.17) is 26.8 Å².